The molecule has 1 unspecified atom stereocenters. The highest BCUT2D eigenvalue weighted by atomic mass is 16.4. The molecule has 0 fully saturated rings. The highest BCUT2D eigenvalue weighted by Crippen LogP contribution is 2.33. The van der Waals surface area contributed by atoms with E-state index in [2.05, 4.69) is 22.8 Å². The largest absolute Gasteiger partial charge is 0.480 e. The molecule has 0 saturated heterocycles. The zero-order chi connectivity index (χ0) is 19.1. The van der Waals surface area contributed by atoms with Crippen LogP contribution in [-0.4, -0.2) is 35.5 Å². The molecule has 2 atom stereocenters. The minimum atomic E-state index is -1.06. The van der Waals surface area contributed by atoms with E-state index in [1.807, 2.05) is 26.0 Å². The molecule has 1 aromatic carbocycles. The molecular formula is C20H28N2O4. The molecule has 142 valence electrons. The second-order valence-corrected chi connectivity index (χ2v) is 7.36. The van der Waals surface area contributed by atoms with E-state index in [-0.39, 0.29) is 24.3 Å². The Morgan fingerprint density at radius 1 is 1.19 bits per heavy atom. The fourth-order valence-corrected chi connectivity index (χ4v) is 3.48. The molecule has 1 aromatic rings. The van der Waals surface area contributed by atoms with Gasteiger partial charge in [0, 0.05) is 6.42 Å². The summed E-state index contributed by atoms with van der Waals surface area (Å²) in [5, 5.41) is 14.2. The monoisotopic (exact) mass is 360 g/mol. The molecule has 0 radical (unpaired) electrons. The van der Waals surface area contributed by atoms with Crippen molar-refractivity contribution >= 4 is 17.8 Å². The van der Waals surface area contributed by atoms with Crippen LogP contribution in [0.2, 0.25) is 0 Å². The fourth-order valence-electron chi connectivity index (χ4n) is 3.48. The van der Waals surface area contributed by atoms with Crippen molar-refractivity contribution in [1.82, 2.24) is 10.6 Å². The van der Waals surface area contributed by atoms with Crippen LogP contribution < -0.4 is 10.6 Å². The maximum absolute atomic E-state index is 12.2. The average molecular weight is 360 g/mol. The van der Waals surface area contributed by atoms with Crippen molar-refractivity contribution < 1.29 is 19.5 Å². The van der Waals surface area contributed by atoms with Gasteiger partial charge in [-0.05, 0) is 48.6 Å². The summed E-state index contributed by atoms with van der Waals surface area (Å²) in [6.07, 6.45) is 3.77. The number of amides is 2. The Labute approximate surface area is 154 Å². The number of aliphatic carboxylic acids is 1. The lowest BCUT2D eigenvalue weighted by atomic mass is 9.81. The summed E-state index contributed by atoms with van der Waals surface area (Å²) in [5.41, 5.74) is 2.52. The predicted octanol–water partition coefficient (Wildman–Crippen LogP) is 2.23. The van der Waals surface area contributed by atoms with E-state index in [1.165, 1.54) is 11.1 Å². The quantitative estimate of drug-likeness (QED) is 0.662. The van der Waals surface area contributed by atoms with Crippen LogP contribution in [0.3, 0.4) is 0 Å². The number of benzene rings is 1. The van der Waals surface area contributed by atoms with Gasteiger partial charge in [0.05, 0.1) is 6.54 Å². The lowest BCUT2D eigenvalue weighted by Gasteiger charge is -2.25. The van der Waals surface area contributed by atoms with E-state index in [0.29, 0.717) is 12.8 Å². The van der Waals surface area contributed by atoms with Gasteiger partial charge in [0.2, 0.25) is 11.8 Å². The second kappa shape index (κ2) is 9.36. The van der Waals surface area contributed by atoms with Crippen molar-refractivity contribution in [1.29, 1.82) is 0 Å². The second-order valence-electron chi connectivity index (χ2n) is 7.36. The molecule has 3 N–H and O–H groups in total. The van der Waals surface area contributed by atoms with E-state index >= 15 is 0 Å². The summed E-state index contributed by atoms with van der Waals surface area (Å²) >= 11 is 0. The topological polar surface area (TPSA) is 95.5 Å². The third-order valence-corrected chi connectivity index (χ3v) is 4.71. The molecule has 1 aliphatic rings. The highest BCUT2D eigenvalue weighted by molar-refractivity contribution is 5.88. The van der Waals surface area contributed by atoms with Crippen molar-refractivity contribution in [3.8, 4) is 0 Å². The lowest BCUT2D eigenvalue weighted by Crippen LogP contribution is -2.46. The maximum Gasteiger partial charge on any atom is 0.326 e. The van der Waals surface area contributed by atoms with Gasteiger partial charge in [-0.25, -0.2) is 4.79 Å². The Kier molecular flexibility index (Phi) is 7.18. The van der Waals surface area contributed by atoms with Crippen LogP contribution in [0.25, 0.3) is 0 Å². The molecule has 0 spiro atoms. The Balaban J connectivity index is 1.82. The van der Waals surface area contributed by atoms with Gasteiger partial charge in [0.25, 0.3) is 0 Å². The van der Waals surface area contributed by atoms with Crippen LogP contribution >= 0.6 is 0 Å². The minimum absolute atomic E-state index is 0.150. The SMILES string of the molecule is CC(C)C[C@H](NC(=O)CNC(=O)CC1CCCc2ccccc21)C(=O)O. The van der Waals surface area contributed by atoms with Crippen LogP contribution in [0.5, 0.6) is 0 Å². The fraction of sp³-hybridized carbons (Fsp3) is 0.550. The molecular weight excluding hydrogens is 332 g/mol. The Morgan fingerprint density at radius 3 is 2.62 bits per heavy atom. The molecule has 0 aliphatic heterocycles. The van der Waals surface area contributed by atoms with Crippen LogP contribution in [0.4, 0.5) is 0 Å². The summed E-state index contributed by atoms with van der Waals surface area (Å²) in [6.45, 7) is 3.59. The molecule has 0 aromatic heterocycles. The number of carbonyl (C=O) groups is 3. The van der Waals surface area contributed by atoms with Crippen LogP contribution in [0.1, 0.15) is 56.6 Å². The minimum Gasteiger partial charge on any atom is -0.480 e. The lowest BCUT2D eigenvalue weighted by molar-refractivity contribution is -0.142. The van der Waals surface area contributed by atoms with Crippen molar-refractivity contribution in [3.63, 3.8) is 0 Å². The Hall–Kier alpha value is -2.37. The van der Waals surface area contributed by atoms with Crippen molar-refractivity contribution in [2.24, 2.45) is 5.92 Å². The molecule has 0 heterocycles. The summed E-state index contributed by atoms with van der Waals surface area (Å²) in [5.74, 6) is -1.39. The number of hydrogen-bond acceptors (Lipinski definition) is 3. The average Bonchev–Trinajstić information content (AvgIpc) is 2.59. The van der Waals surface area contributed by atoms with Crippen molar-refractivity contribution in [2.75, 3.05) is 6.54 Å². The number of carboxylic acids is 1. The number of aryl methyl sites for hydroxylation is 1. The van der Waals surface area contributed by atoms with Crippen LogP contribution in [-0.2, 0) is 20.8 Å². The van der Waals surface area contributed by atoms with Gasteiger partial charge in [-0.3, -0.25) is 9.59 Å². The highest BCUT2D eigenvalue weighted by Gasteiger charge is 2.24. The number of hydrogen-bond donors (Lipinski definition) is 3. The van der Waals surface area contributed by atoms with Gasteiger partial charge >= 0.3 is 5.97 Å². The molecule has 2 rings (SSSR count). The first kappa shape index (κ1) is 19.9. The predicted molar refractivity (Wildman–Crippen MR) is 98.8 cm³/mol. The van der Waals surface area contributed by atoms with E-state index in [4.69, 9.17) is 5.11 Å². The first-order chi connectivity index (χ1) is 12.4. The standard InChI is InChI=1S/C20H28N2O4/c1-13(2)10-17(20(25)26)22-19(24)12-21-18(23)11-15-8-5-7-14-6-3-4-9-16(14)15/h3-4,6,9,13,15,17H,5,7-8,10-12H2,1-2H3,(H,21,23)(H,22,24)(H,25,26)/t15?,17-/m0/s1. The van der Waals surface area contributed by atoms with Crippen molar-refractivity contribution in [2.45, 2.75) is 57.9 Å². The Morgan fingerprint density at radius 2 is 1.92 bits per heavy atom. The summed E-state index contributed by atoms with van der Waals surface area (Å²) in [4.78, 5) is 35.3. The zero-order valence-electron chi connectivity index (χ0n) is 15.5. The molecule has 0 bridgehead atoms. The molecule has 2 amide bonds. The first-order valence-corrected chi connectivity index (χ1v) is 9.23. The van der Waals surface area contributed by atoms with Crippen LogP contribution in [0, 0.1) is 5.92 Å². The summed E-state index contributed by atoms with van der Waals surface area (Å²) < 4.78 is 0. The summed E-state index contributed by atoms with van der Waals surface area (Å²) in [6, 6.07) is 7.26. The van der Waals surface area contributed by atoms with E-state index in [1.54, 1.807) is 0 Å². The van der Waals surface area contributed by atoms with E-state index in [0.717, 1.165) is 19.3 Å². The molecule has 0 saturated carbocycles. The molecule has 1 aliphatic carbocycles. The normalized spacial score (nSPS) is 17.3. The van der Waals surface area contributed by atoms with Crippen LogP contribution in [0.15, 0.2) is 24.3 Å². The smallest absolute Gasteiger partial charge is 0.326 e. The number of rotatable bonds is 8. The Bertz CT molecular complexity index is 657. The van der Waals surface area contributed by atoms with Crippen molar-refractivity contribution in [3.05, 3.63) is 35.4 Å². The van der Waals surface area contributed by atoms with Gasteiger partial charge in [-0.2, -0.15) is 0 Å². The van der Waals surface area contributed by atoms with E-state index < -0.39 is 17.9 Å². The van der Waals surface area contributed by atoms with Gasteiger partial charge in [-0.15, -0.1) is 0 Å². The van der Waals surface area contributed by atoms with Gasteiger partial charge in [0.15, 0.2) is 0 Å². The number of carboxylic acid groups (broad SMARTS) is 1. The summed E-state index contributed by atoms with van der Waals surface area (Å²) in [7, 11) is 0. The molecule has 26 heavy (non-hydrogen) atoms. The van der Waals surface area contributed by atoms with E-state index in [9.17, 15) is 14.4 Å². The first-order valence-electron chi connectivity index (χ1n) is 9.23. The zero-order valence-corrected chi connectivity index (χ0v) is 15.5. The molecule has 6 heteroatoms. The molecule has 6 nitrogen and oxygen atoms in total. The maximum atomic E-state index is 12.2. The number of carbonyl (C=O) groups excluding carboxylic acids is 2. The third-order valence-electron chi connectivity index (χ3n) is 4.71. The van der Waals surface area contributed by atoms with Gasteiger partial charge in [0.1, 0.15) is 6.04 Å². The number of nitrogens with one attached hydrogen (secondary N) is 2. The van der Waals surface area contributed by atoms with Gasteiger partial charge in [-0.1, -0.05) is 38.1 Å². The third kappa shape index (κ3) is 5.86. The van der Waals surface area contributed by atoms with Gasteiger partial charge < -0.3 is 15.7 Å². The number of fused-ring (bicyclic) bond motifs is 1.